The fourth-order valence-electron chi connectivity index (χ4n) is 7.78. The zero-order valence-electron chi connectivity index (χ0n) is 28.9. The van der Waals surface area contributed by atoms with Crippen LogP contribution in [0, 0.1) is 0 Å². The van der Waals surface area contributed by atoms with Crippen LogP contribution in [0.5, 0.6) is 5.75 Å². The number of carbonyl (C=O) groups is 1. The van der Waals surface area contributed by atoms with Crippen LogP contribution >= 0.6 is 0 Å². The van der Waals surface area contributed by atoms with E-state index in [2.05, 4.69) is 76.8 Å². The average Bonchev–Trinajstić information content (AvgIpc) is 3.02. The monoisotopic (exact) mass is 656 g/mol. The topological polar surface area (TPSA) is 101 Å². The molecule has 0 bridgehead atoms. The van der Waals surface area contributed by atoms with Crippen LogP contribution in [0.4, 0.5) is 10.5 Å². The molecule has 1 fully saturated rings. The number of aliphatic hydroxyl groups is 1. The number of carboxylic acid groups (broad SMARTS) is 1. The van der Waals surface area contributed by atoms with Gasteiger partial charge in [0.05, 0.1) is 37.6 Å². The number of likely N-dealkylation sites (tertiary alicyclic amines) is 1. The summed E-state index contributed by atoms with van der Waals surface area (Å²) in [7, 11) is -0.644. The number of benzene rings is 2. The predicted molar refractivity (Wildman–Crippen MR) is 185 cm³/mol. The van der Waals surface area contributed by atoms with Crippen LogP contribution in [0.1, 0.15) is 70.6 Å². The lowest BCUT2D eigenvalue weighted by atomic mass is 9.84. The van der Waals surface area contributed by atoms with Gasteiger partial charge in [0.2, 0.25) is 8.32 Å². The normalized spacial score (nSPS) is 20.4. The summed E-state index contributed by atoms with van der Waals surface area (Å²) < 4.78 is 25.4. The van der Waals surface area contributed by atoms with Crippen molar-refractivity contribution in [2.75, 3.05) is 58.0 Å². The first kappa shape index (κ1) is 36.2. The summed E-state index contributed by atoms with van der Waals surface area (Å²) in [6, 6.07) is 14.5. The van der Waals surface area contributed by atoms with Gasteiger partial charge in [0.1, 0.15) is 12.4 Å². The SMILES string of the molecule is COCCCN1CCOc2ccc(CO[C@H]3CN(C(=O)O)C[C@@H](O[Si](C(C)C)(C(C)C)C(C)C)[C@@H]3c3ccc(CCO)cc3)cc21. The molecule has 4 rings (SSSR count). The highest BCUT2D eigenvalue weighted by Gasteiger charge is 2.50. The van der Waals surface area contributed by atoms with Gasteiger partial charge < -0.3 is 38.6 Å². The van der Waals surface area contributed by atoms with Gasteiger partial charge in [-0.1, -0.05) is 71.9 Å². The average molecular weight is 657 g/mol. The molecule has 2 aromatic rings. The zero-order valence-corrected chi connectivity index (χ0v) is 29.9. The minimum absolute atomic E-state index is 0.0920. The van der Waals surface area contributed by atoms with E-state index in [1.807, 2.05) is 12.1 Å². The third-order valence-electron chi connectivity index (χ3n) is 9.92. The maximum absolute atomic E-state index is 12.5. The molecule has 2 aliphatic rings. The van der Waals surface area contributed by atoms with E-state index in [-0.39, 0.29) is 25.2 Å². The number of anilines is 1. The second-order valence-corrected chi connectivity index (χ2v) is 19.1. The number of hydrogen-bond donors (Lipinski definition) is 2. The third kappa shape index (κ3) is 8.25. The summed E-state index contributed by atoms with van der Waals surface area (Å²) in [5.74, 6) is 0.710. The van der Waals surface area contributed by atoms with E-state index in [1.165, 1.54) is 4.90 Å². The summed E-state index contributed by atoms with van der Waals surface area (Å²) in [6.45, 7) is 17.6. The van der Waals surface area contributed by atoms with Crippen molar-refractivity contribution in [1.29, 1.82) is 0 Å². The van der Waals surface area contributed by atoms with E-state index in [4.69, 9.17) is 18.6 Å². The largest absolute Gasteiger partial charge is 0.490 e. The molecule has 256 valence electrons. The van der Waals surface area contributed by atoms with Crippen molar-refractivity contribution in [3.63, 3.8) is 0 Å². The van der Waals surface area contributed by atoms with Crippen LogP contribution in [0.25, 0.3) is 0 Å². The molecule has 9 nitrogen and oxygen atoms in total. The van der Waals surface area contributed by atoms with E-state index in [0.717, 1.165) is 47.6 Å². The van der Waals surface area contributed by atoms with Crippen LogP contribution in [-0.4, -0.2) is 94.8 Å². The smallest absolute Gasteiger partial charge is 0.407 e. The van der Waals surface area contributed by atoms with Gasteiger partial charge in [-0.2, -0.15) is 0 Å². The summed E-state index contributed by atoms with van der Waals surface area (Å²) in [4.78, 5) is 16.3. The third-order valence-corrected chi connectivity index (χ3v) is 16.0. The molecular formula is C36H56N2O7Si. The molecule has 1 amide bonds. The van der Waals surface area contributed by atoms with E-state index in [1.54, 1.807) is 7.11 Å². The number of piperidine rings is 1. The van der Waals surface area contributed by atoms with E-state index in [0.29, 0.717) is 49.4 Å². The van der Waals surface area contributed by atoms with Crippen molar-refractivity contribution in [2.45, 2.75) is 95.7 Å². The molecule has 0 aromatic heterocycles. The second kappa shape index (κ2) is 16.5. The maximum atomic E-state index is 12.5. The Bertz CT molecular complexity index is 1230. The van der Waals surface area contributed by atoms with Crippen LogP contribution in [0.15, 0.2) is 42.5 Å². The Labute approximate surface area is 276 Å². The van der Waals surface area contributed by atoms with E-state index < -0.39 is 20.5 Å². The second-order valence-electron chi connectivity index (χ2n) is 13.7. The number of amides is 1. The number of nitrogens with zero attached hydrogens (tertiary/aromatic N) is 2. The molecule has 2 aromatic carbocycles. The van der Waals surface area contributed by atoms with Crippen LogP contribution < -0.4 is 9.64 Å². The number of methoxy groups -OCH3 is 1. The molecule has 1 saturated heterocycles. The van der Waals surface area contributed by atoms with Gasteiger partial charge in [-0.3, -0.25) is 0 Å². The fraction of sp³-hybridized carbons (Fsp3) is 0.639. The summed E-state index contributed by atoms with van der Waals surface area (Å²) >= 11 is 0. The van der Waals surface area contributed by atoms with Gasteiger partial charge in [0, 0.05) is 39.3 Å². The molecule has 2 aliphatic heterocycles. The Morgan fingerprint density at radius 1 is 0.978 bits per heavy atom. The number of ether oxygens (including phenoxy) is 3. The molecule has 0 aliphatic carbocycles. The number of fused-ring (bicyclic) bond motifs is 1. The van der Waals surface area contributed by atoms with Gasteiger partial charge >= 0.3 is 6.09 Å². The summed E-state index contributed by atoms with van der Waals surface area (Å²) in [5.41, 5.74) is 5.25. The molecule has 2 heterocycles. The van der Waals surface area contributed by atoms with Crippen molar-refractivity contribution in [3.8, 4) is 5.75 Å². The molecule has 0 saturated carbocycles. The summed E-state index contributed by atoms with van der Waals surface area (Å²) in [6.07, 6.45) is -0.209. The standard InChI is InChI=1S/C36H56N2O7Si/c1-25(2)46(26(3)4,27(5)6)45-34-23-38(36(40)41)22-33(35(34)30-12-9-28(10-13-30)15-18-39)44-24-29-11-14-32-31(21-29)37(17-20-43-32)16-8-19-42-7/h9-14,21,25-27,33-35,39H,8,15-20,22-24H2,1-7H3,(H,40,41)/t33-,34+,35+/m0/s1. The molecule has 46 heavy (non-hydrogen) atoms. The number of rotatable bonds is 15. The Balaban J connectivity index is 1.68. The number of hydrogen-bond acceptors (Lipinski definition) is 7. The van der Waals surface area contributed by atoms with Gasteiger partial charge in [0.15, 0.2) is 0 Å². The Morgan fingerprint density at radius 2 is 1.63 bits per heavy atom. The van der Waals surface area contributed by atoms with Crippen LogP contribution in [0.2, 0.25) is 16.6 Å². The molecule has 0 spiro atoms. The molecule has 3 atom stereocenters. The Morgan fingerprint density at radius 3 is 2.24 bits per heavy atom. The lowest BCUT2D eigenvalue weighted by molar-refractivity contribution is -0.0630. The van der Waals surface area contributed by atoms with Crippen molar-refractivity contribution < 1.29 is 33.6 Å². The minimum Gasteiger partial charge on any atom is -0.490 e. The van der Waals surface area contributed by atoms with Gasteiger partial charge in [-0.05, 0) is 58.3 Å². The Kier molecular flexibility index (Phi) is 13.0. The highest BCUT2D eigenvalue weighted by molar-refractivity contribution is 6.77. The quantitative estimate of drug-likeness (QED) is 0.162. The van der Waals surface area contributed by atoms with Gasteiger partial charge in [-0.15, -0.1) is 0 Å². The minimum atomic E-state index is -2.37. The Hall–Kier alpha value is -2.63. The summed E-state index contributed by atoms with van der Waals surface area (Å²) in [5, 5.41) is 19.8. The van der Waals surface area contributed by atoms with Crippen molar-refractivity contribution >= 4 is 20.1 Å². The highest BCUT2D eigenvalue weighted by atomic mass is 28.4. The molecular weight excluding hydrogens is 600 g/mol. The zero-order chi connectivity index (χ0) is 33.4. The van der Waals surface area contributed by atoms with Crippen molar-refractivity contribution in [3.05, 3.63) is 59.2 Å². The molecule has 0 radical (unpaired) electrons. The maximum Gasteiger partial charge on any atom is 0.407 e. The first-order chi connectivity index (χ1) is 22.0. The lowest BCUT2D eigenvalue weighted by Gasteiger charge is -2.50. The van der Waals surface area contributed by atoms with Crippen LogP contribution in [-0.2, 0) is 26.9 Å². The molecule has 0 unspecified atom stereocenters. The molecule has 2 N–H and O–H groups in total. The highest BCUT2D eigenvalue weighted by Crippen LogP contribution is 2.46. The van der Waals surface area contributed by atoms with Crippen LogP contribution in [0.3, 0.4) is 0 Å². The van der Waals surface area contributed by atoms with Gasteiger partial charge in [0.25, 0.3) is 0 Å². The number of aliphatic hydroxyl groups excluding tert-OH is 1. The predicted octanol–water partition coefficient (Wildman–Crippen LogP) is 6.68. The van der Waals surface area contributed by atoms with Crippen molar-refractivity contribution in [2.24, 2.45) is 0 Å². The van der Waals surface area contributed by atoms with E-state index in [9.17, 15) is 15.0 Å². The lowest BCUT2D eigenvalue weighted by Crippen LogP contribution is -2.59. The van der Waals surface area contributed by atoms with E-state index >= 15 is 0 Å². The first-order valence-electron chi connectivity index (χ1n) is 17.0. The first-order valence-corrected chi connectivity index (χ1v) is 19.1. The fourth-order valence-corrected chi connectivity index (χ4v) is 13.3. The van der Waals surface area contributed by atoms with Gasteiger partial charge in [-0.25, -0.2) is 4.79 Å². The van der Waals surface area contributed by atoms with Crippen molar-refractivity contribution in [1.82, 2.24) is 4.90 Å². The molecule has 10 heteroatoms.